The number of ether oxygens (including phenoxy) is 1. The zero-order chi connectivity index (χ0) is 29.4. The van der Waals surface area contributed by atoms with Crippen LogP contribution in [0.25, 0.3) is 0 Å². The highest BCUT2D eigenvalue weighted by molar-refractivity contribution is 7.92. The van der Waals surface area contributed by atoms with Crippen LogP contribution in [0.1, 0.15) is 25.8 Å². The predicted octanol–water partition coefficient (Wildman–Crippen LogP) is 5.79. The number of halogens is 3. The van der Waals surface area contributed by atoms with E-state index in [-0.39, 0.29) is 22.2 Å². The Hall–Kier alpha value is -2.98. The summed E-state index contributed by atoms with van der Waals surface area (Å²) < 4.78 is 33.8. The first-order valence-electron chi connectivity index (χ1n) is 12.4. The summed E-state index contributed by atoms with van der Waals surface area (Å²) in [7, 11) is -2.78. The van der Waals surface area contributed by atoms with E-state index < -0.39 is 34.4 Å². The highest BCUT2D eigenvalue weighted by Crippen LogP contribution is 2.29. The Morgan fingerprint density at radius 1 is 0.975 bits per heavy atom. The highest BCUT2D eigenvalue weighted by Gasteiger charge is 2.33. The van der Waals surface area contributed by atoms with E-state index in [2.05, 4.69) is 5.32 Å². The van der Waals surface area contributed by atoms with Crippen molar-refractivity contribution in [3.63, 3.8) is 0 Å². The zero-order valence-electron chi connectivity index (χ0n) is 22.2. The molecule has 0 aliphatic rings. The first-order chi connectivity index (χ1) is 19.0. The average molecular weight is 627 g/mol. The second-order valence-electron chi connectivity index (χ2n) is 8.86. The maximum absolute atomic E-state index is 13.9. The number of nitrogens with zero attached hydrogens (tertiary/aromatic N) is 2. The molecule has 12 heteroatoms. The molecule has 1 N–H and O–H groups in total. The van der Waals surface area contributed by atoms with Gasteiger partial charge in [0.15, 0.2) is 0 Å². The molecule has 0 fully saturated rings. The molecule has 0 heterocycles. The van der Waals surface area contributed by atoms with Gasteiger partial charge in [-0.3, -0.25) is 13.9 Å². The Bertz CT molecular complexity index is 1430. The van der Waals surface area contributed by atoms with Crippen molar-refractivity contribution in [2.45, 2.75) is 37.8 Å². The van der Waals surface area contributed by atoms with Crippen LogP contribution in [0.5, 0.6) is 5.75 Å². The van der Waals surface area contributed by atoms with Gasteiger partial charge in [0.2, 0.25) is 11.8 Å². The van der Waals surface area contributed by atoms with E-state index in [1.807, 2.05) is 6.92 Å². The normalized spacial score (nSPS) is 11.9. The SMILES string of the molecule is CCCNC(=O)[C@@H](C)N(Cc1c(Cl)cccc1Cl)C(=O)CN(c1cccc(Cl)c1)S(=O)(=O)c1ccc(OC)cc1. The van der Waals surface area contributed by atoms with Gasteiger partial charge in [0, 0.05) is 33.7 Å². The Balaban J connectivity index is 2.06. The van der Waals surface area contributed by atoms with Gasteiger partial charge in [-0.25, -0.2) is 8.42 Å². The summed E-state index contributed by atoms with van der Waals surface area (Å²) in [6.07, 6.45) is 0.700. The van der Waals surface area contributed by atoms with Crippen LogP contribution >= 0.6 is 34.8 Å². The number of amides is 2. The van der Waals surface area contributed by atoms with Crippen molar-refractivity contribution in [1.29, 1.82) is 0 Å². The van der Waals surface area contributed by atoms with Crippen LogP contribution in [0.15, 0.2) is 71.6 Å². The monoisotopic (exact) mass is 625 g/mol. The summed E-state index contributed by atoms with van der Waals surface area (Å²) in [4.78, 5) is 28.1. The van der Waals surface area contributed by atoms with E-state index in [0.717, 1.165) is 4.31 Å². The quantitative estimate of drug-likeness (QED) is 0.274. The van der Waals surface area contributed by atoms with Crippen LogP contribution in [-0.2, 0) is 26.2 Å². The Labute approximate surface area is 249 Å². The number of sulfonamides is 1. The van der Waals surface area contributed by atoms with Crippen molar-refractivity contribution in [1.82, 2.24) is 10.2 Å². The van der Waals surface area contributed by atoms with Crippen molar-refractivity contribution in [2.75, 3.05) is 24.5 Å². The maximum Gasteiger partial charge on any atom is 0.264 e. The van der Waals surface area contributed by atoms with Crippen molar-refractivity contribution in [3.8, 4) is 5.75 Å². The lowest BCUT2D eigenvalue weighted by Crippen LogP contribution is -2.51. The first kappa shape index (κ1) is 31.5. The molecule has 1 atom stereocenters. The predicted molar refractivity (Wildman–Crippen MR) is 159 cm³/mol. The molecule has 0 spiro atoms. The van der Waals surface area contributed by atoms with Gasteiger partial charge in [-0.1, -0.05) is 53.9 Å². The van der Waals surface area contributed by atoms with Gasteiger partial charge in [0.05, 0.1) is 17.7 Å². The zero-order valence-corrected chi connectivity index (χ0v) is 25.3. The minimum atomic E-state index is -4.25. The first-order valence-corrected chi connectivity index (χ1v) is 15.0. The number of carbonyl (C=O) groups is 2. The van der Waals surface area contributed by atoms with Crippen molar-refractivity contribution in [3.05, 3.63) is 87.4 Å². The Kier molecular flexibility index (Phi) is 11.1. The summed E-state index contributed by atoms with van der Waals surface area (Å²) in [5, 5.41) is 3.68. The number of carbonyl (C=O) groups excluding carboxylic acids is 2. The lowest BCUT2D eigenvalue weighted by atomic mass is 10.1. The van der Waals surface area contributed by atoms with Crippen LogP contribution in [0, 0.1) is 0 Å². The molecule has 214 valence electrons. The number of rotatable bonds is 12. The van der Waals surface area contributed by atoms with E-state index in [0.29, 0.717) is 34.3 Å². The molecule has 3 aromatic carbocycles. The number of benzene rings is 3. The second-order valence-corrected chi connectivity index (χ2v) is 12.0. The number of hydrogen-bond acceptors (Lipinski definition) is 5. The van der Waals surface area contributed by atoms with Gasteiger partial charge in [0.25, 0.3) is 10.0 Å². The fraction of sp³-hybridized carbons (Fsp3) is 0.286. The van der Waals surface area contributed by atoms with Crippen LogP contribution in [0.4, 0.5) is 5.69 Å². The van der Waals surface area contributed by atoms with Crippen molar-refractivity contribution >= 4 is 62.3 Å². The lowest BCUT2D eigenvalue weighted by molar-refractivity contribution is -0.139. The molecule has 3 rings (SSSR count). The van der Waals surface area contributed by atoms with E-state index >= 15 is 0 Å². The van der Waals surface area contributed by atoms with E-state index in [1.54, 1.807) is 37.3 Å². The van der Waals surface area contributed by atoms with E-state index in [4.69, 9.17) is 39.5 Å². The molecule has 0 unspecified atom stereocenters. The summed E-state index contributed by atoms with van der Waals surface area (Å²) >= 11 is 19.0. The third kappa shape index (κ3) is 7.60. The minimum absolute atomic E-state index is 0.0597. The topological polar surface area (TPSA) is 96.0 Å². The Morgan fingerprint density at radius 2 is 1.60 bits per heavy atom. The standard InChI is InChI=1S/C28H30Cl3N3O5S/c1-4-15-32-28(36)19(2)33(17-24-25(30)9-6-10-26(24)31)27(35)18-34(21-8-5-7-20(29)16-21)40(37,38)23-13-11-22(39-3)12-14-23/h5-14,16,19H,4,15,17-18H2,1-3H3,(H,32,36)/t19-/m1/s1. The molecule has 0 aliphatic heterocycles. The van der Waals surface area contributed by atoms with Crippen LogP contribution in [0.2, 0.25) is 15.1 Å². The molecule has 3 aromatic rings. The van der Waals surface area contributed by atoms with Gasteiger partial charge in [-0.2, -0.15) is 0 Å². The van der Waals surface area contributed by atoms with Gasteiger partial charge in [0.1, 0.15) is 18.3 Å². The summed E-state index contributed by atoms with van der Waals surface area (Å²) in [5.74, 6) is -0.572. The van der Waals surface area contributed by atoms with Gasteiger partial charge in [-0.15, -0.1) is 0 Å². The maximum atomic E-state index is 13.9. The molecule has 0 aliphatic carbocycles. The second kappa shape index (κ2) is 14.1. The number of nitrogens with one attached hydrogen (secondary N) is 1. The molecule has 0 aromatic heterocycles. The fourth-order valence-electron chi connectivity index (χ4n) is 3.87. The molecule has 2 amide bonds. The minimum Gasteiger partial charge on any atom is -0.497 e. The smallest absolute Gasteiger partial charge is 0.264 e. The lowest BCUT2D eigenvalue weighted by Gasteiger charge is -2.32. The van der Waals surface area contributed by atoms with Crippen LogP contribution < -0.4 is 14.4 Å². The third-order valence-electron chi connectivity index (χ3n) is 6.13. The van der Waals surface area contributed by atoms with Crippen molar-refractivity contribution < 1.29 is 22.7 Å². The molecule has 8 nitrogen and oxygen atoms in total. The largest absolute Gasteiger partial charge is 0.497 e. The van der Waals surface area contributed by atoms with Gasteiger partial charge in [-0.05, 0) is 67.9 Å². The molecule has 0 saturated heterocycles. The average Bonchev–Trinajstić information content (AvgIpc) is 2.94. The number of hydrogen-bond donors (Lipinski definition) is 1. The molecular formula is C28H30Cl3N3O5S. The molecule has 0 radical (unpaired) electrons. The highest BCUT2D eigenvalue weighted by atomic mass is 35.5. The summed E-state index contributed by atoms with van der Waals surface area (Å²) in [6.45, 7) is 3.14. The summed E-state index contributed by atoms with van der Waals surface area (Å²) in [6, 6.07) is 15.9. The summed E-state index contributed by atoms with van der Waals surface area (Å²) in [5.41, 5.74) is 0.608. The third-order valence-corrected chi connectivity index (χ3v) is 8.86. The molecule has 40 heavy (non-hydrogen) atoms. The molecule has 0 saturated carbocycles. The van der Waals surface area contributed by atoms with E-state index in [1.165, 1.54) is 48.4 Å². The van der Waals surface area contributed by atoms with Crippen LogP contribution in [-0.4, -0.2) is 51.4 Å². The fourth-order valence-corrected chi connectivity index (χ4v) is 5.97. The van der Waals surface area contributed by atoms with Crippen LogP contribution in [0.3, 0.4) is 0 Å². The molecular weight excluding hydrogens is 597 g/mol. The Morgan fingerprint density at radius 3 is 2.17 bits per heavy atom. The van der Waals surface area contributed by atoms with Gasteiger partial charge >= 0.3 is 0 Å². The van der Waals surface area contributed by atoms with E-state index in [9.17, 15) is 18.0 Å². The van der Waals surface area contributed by atoms with Gasteiger partial charge < -0.3 is 15.0 Å². The molecule has 0 bridgehead atoms. The number of anilines is 1. The number of methoxy groups -OCH3 is 1. The van der Waals surface area contributed by atoms with Crippen molar-refractivity contribution in [2.24, 2.45) is 0 Å².